The molecule has 0 spiro atoms. The maximum Gasteiger partial charge on any atom is 0.145 e. The van der Waals surface area contributed by atoms with Crippen LogP contribution in [0.5, 0.6) is 0 Å². The number of carbonyl (C=O) groups excluding carboxylic acids is 1. The first-order valence-corrected chi connectivity index (χ1v) is 3.31. The third kappa shape index (κ3) is 1.61. The third-order valence-electron chi connectivity index (χ3n) is 1.42. The van der Waals surface area contributed by atoms with Crippen LogP contribution in [0.4, 0.5) is 4.39 Å². The van der Waals surface area contributed by atoms with Crippen molar-refractivity contribution in [3.63, 3.8) is 0 Å². The van der Waals surface area contributed by atoms with Crippen LogP contribution in [-0.2, 0) is 4.79 Å². The Hall–Kier alpha value is -1.25. The Morgan fingerprint density at radius 1 is 1.73 bits per heavy atom. The molecule has 1 aromatic heterocycles. The predicted octanol–water partition coefficient (Wildman–Crippen LogP) is 1.52. The van der Waals surface area contributed by atoms with E-state index in [-0.39, 0.29) is 5.69 Å². The minimum atomic E-state index is -0.462. The summed E-state index contributed by atoms with van der Waals surface area (Å²) >= 11 is 0. The summed E-state index contributed by atoms with van der Waals surface area (Å²) in [6.45, 7) is 1.61. The molecule has 0 saturated heterocycles. The summed E-state index contributed by atoms with van der Waals surface area (Å²) in [5.41, 5.74) is 0.211. The van der Waals surface area contributed by atoms with Crippen LogP contribution in [-0.4, -0.2) is 11.3 Å². The zero-order chi connectivity index (χ0) is 8.27. The Labute approximate surface area is 64.1 Å². The molecule has 0 N–H and O–H groups in total. The predicted molar refractivity (Wildman–Crippen MR) is 38.7 cm³/mol. The van der Waals surface area contributed by atoms with Crippen molar-refractivity contribution < 1.29 is 9.18 Å². The molecule has 0 radical (unpaired) electrons. The number of hydrogen-bond acceptors (Lipinski definition) is 2. The third-order valence-corrected chi connectivity index (χ3v) is 1.42. The van der Waals surface area contributed by atoms with Crippen LogP contribution >= 0.6 is 0 Å². The molecule has 0 fully saturated rings. The summed E-state index contributed by atoms with van der Waals surface area (Å²) in [6, 6.07) is 2.79. The lowest BCUT2D eigenvalue weighted by Crippen LogP contribution is -2.00. The minimum Gasteiger partial charge on any atom is -0.303 e. The van der Waals surface area contributed by atoms with E-state index in [2.05, 4.69) is 4.98 Å². The molecule has 0 saturated carbocycles. The quantitative estimate of drug-likeness (QED) is 0.603. The minimum absolute atomic E-state index is 0.211. The number of hydrogen-bond donors (Lipinski definition) is 0. The van der Waals surface area contributed by atoms with Gasteiger partial charge in [-0.3, -0.25) is 4.98 Å². The fourth-order valence-corrected chi connectivity index (χ4v) is 0.797. The second-order valence-electron chi connectivity index (χ2n) is 2.30. The van der Waals surface area contributed by atoms with Crippen LogP contribution in [0.15, 0.2) is 18.3 Å². The van der Waals surface area contributed by atoms with Gasteiger partial charge in [0.2, 0.25) is 0 Å². The molecule has 2 nitrogen and oxygen atoms in total. The fraction of sp³-hybridized carbons (Fsp3) is 0.250. The largest absolute Gasteiger partial charge is 0.303 e. The van der Waals surface area contributed by atoms with Crippen LogP contribution in [0.3, 0.4) is 0 Å². The number of pyridine rings is 1. The van der Waals surface area contributed by atoms with E-state index in [1.165, 1.54) is 18.3 Å². The van der Waals surface area contributed by atoms with E-state index in [1.807, 2.05) is 0 Å². The number of nitrogens with zero attached hydrogens (tertiary/aromatic N) is 1. The Morgan fingerprint density at radius 3 is 3.00 bits per heavy atom. The molecule has 0 aliphatic rings. The SMILES string of the molecule is CC(C=O)c1ncccc1F. The summed E-state index contributed by atoms with van der Waals surface area (Å²) < 4.78 is 12.8. The molecule has 1 rings (SSSR count). The fourth-order valence-electron chi connectivity index (χ4n) is 0.797. The van der Waals surface area contributed by atoms with Gasteiger partial charge in [-0.25, -0.2) is 4.39 Å². The molecule has 0 aromatic carbocycles. The van der Waals surface area contributed by atoms with Gasteiger partial charge in [-0.15, -0.1) is 0 Å². The van der Waals surface area contributed by atoms with Gasteiger partial charge in [0, 0.05) is 6.20 Å². The van der Waals surface area contributed by atoms with Gasteiger partial charge in [-0.05, 0) is 12.1 Å². The zero-order valence-electron chi connectivity index (χ0n) is 6.12. The Morgan fingerprint density at radius 2 is 2.45 bits per heavy atom. The Bertz CT molecular complexity index is 262. The molecule has 1 heterocycles. The number of rotatable bonds is 2. The van der Waals surface area contributed by atoms with E-state index in [4.69, 9.17) is 0 Å². The van der Waals surface area contributed by atoms with Crippen molar-refractivity contribution >= 4 is 6.29 Å². The summed E-state index contributed by atoms with van der Waals surface area (Å²) in [7, 11) is 0. The van der Waals surface area contributed by atoms with Crippen LogP contribution in [0.25, 0.3) is 0 Å². The van der Waals surface area contributed by atoms with Crippen LogP contribution in [0.2, 0.25) is 0 Å². The first kappa shape index (κ1) is 7.85. The molecule has 0 bridgehead atoms. The highest BCUT2D eigenvalue weighted by Gasteiger charge is 2.09. The van der Waals surface area contributed by atoms with E-state index in [9.17, 15) is 9.18 Å². The van der Waals surface area contributed by atoms with Gasteiger partial charge < -0.3 is 4.79 Å². The average Bonchev–Trinajstić information content (AvgIpc) is 2.04. The van der Waals surface area contributed by atoms with Crippen molar-refractivity contribution in [2.45, 2.75) is 12.8 Å². The maximum absolute atomic E-state index is 12.8. The van der Waals surface area contributed by atoms with Crippen LogP contribution in [0, 0.1) is 5.82 Å². The highest BCUT2D eigenvalue weighted by atomic mass is 19.1. The molecular weight excluding hydrogens is 145 g/mol. The van der Waals surface area contributed by atoms with Gasteiger partial charge in [-0.1, -0.05) is 6.92 Å². The molecule has 0 aliphatic heterocycles. The maximum atomic E-state index is 12.8. The molecule has 1 aromatic rings. The number of halogens is 1. The average molecular weight is 153 g/mol. The van der Waals surface area contributed by atoms with Crippen LogP contribution < -0.4 is 0 Å². The summed E-state index contributed by atoms with van der Waals surface area (Å²) in [5, 5.41) is 0. The lowest BCUT2D eigenvalue weighted by Gasteiger charge is -2.02. The van der Waals surface area contributed by atoms with Gasteiger partial charge in [0.1, 0.15) is 12.1 Å². The van der Waals surface area contributed by atoms with E-state index in [0.29, 0.717) is 6.29 Å². The molecule has 0 aliphatic carbocycles. The molecule has 3 heteroatoms. The molecular formula is C8H8FNO. The zero-order valence-corrected chi connectivity index (χ0v) is 6.12. The number of aldehydes is 1. The van der Waals surface area contributed by atoms with Gasteiger partial charge in [0.05, 0.1) is 11.6 Å². The van der Waals surface area contributed by atoms with Crippen molar-refractivity contribution in [3.8, 4) is 0 Å². The van der Waals surface area contributed by atoms with Gasteiger partial charge in [-0.2, -0.15) is 0 Å². The highest BCUT2D eigenvalue weighted by Crippen LogP contribution is 2.12. The molecule has 1 unspecified atom stereocenters. The van der Waals surface area contributed by atoms with Crippen molar-refractivity contribution in [3.05, 3.63) is 29.8 Å². The Balaban J connectivity index is 3.02. The van der Waals surface area contributed by atoms with Gasteiger partial charge in [0.15, 0.2) is 0 Å². The van der Waals surface area contributed by atoms with Crippen molar-refractivity contribution in [1.82, 2.24) is 4.98 Å². The van der Waals surface area contributed by atoms with Crippen LogP contribution in [0.1, 0.15) is 18.5 Å². The van der Waals surface area contributed by atoms with E-state index < -0.39 is 11.7 Å². The second-order valence-corrected chi connectivity index (χ2v) is 2.30. The highest BCUT2D eigenvalue weighted by molar-refractivity contribution is 5.60. The smallest absolute Gasteiger partial charge is 0.145 e. The van der Waals surface area contributed by atoms with Crippen molar-refractivity contribution in [2.75, 3.05) is 0 Å². The van der Waals surface area contributed by atoms with E-state index in [0.717, 1.165) is 0 Å². The standard InChI is InChI=1S/C8H8FNO/c1-6(5-11)8-7(9)3-2-4-10-8/h2-6H,1H3. The molecule has 1 atom stereocenters. The lowest BCUT2D eigenvalue weighted by atomic mass is 10.1. The molecule has 0 amide bonds. The lowest BCUT2D eigenvalue weighted by molar-refractivity contribution is -0.108. The van der Waals surface area contributed by atoms with Gasteiger partial charge >= 0.3 is 0 Å². The first-order chi connectivity index (χ1) is 5.25. The summed E-state index contributed by atoms with van der Waals surface area (Å²) in [4.78, 5) is 14.0. The molecule has 11 heavy (non-hydrogen) atoms. The van der Waals surface area contributed by atoms with Crippen molar-refractivity contribution in [1.29, 1.82) is 0 Å². The molecule has 58 valence electrons. The normalized spacial score (nSPS) is 12.5. The summed E-state index contributed by atoms with van der Waals surface area (Å²) in [6.07, 6.45) is 2.14. The Kier molecular flexibility index (Phi) is 2.31. The van der Waals surface area contributed by atoms with Crippen molar-refractivity contribution in [2.24, 2.45) is 0 Å². The first-order valence-electron chi connectivity index (χ1n) is 3.31. The monoisotopic (exact) mass is 153 g/mol. The second kappa shape index (κ2) is 3.23. The topological polar surface area (TPSA) is 30.0 Å². The summed E-state index contributed by atoms with van der Waals surface area (Å²) in [5.74, 6) is -0.886. The van der Waals surface area contributed by atoms with Gasteiger partial charge in [0.25, 0.3) is 0 Å². The van der Waals surface area contributed by atoms with E-state index >= 15 is 0 Å². The number of carbonyl (C=O) groups is 1. The van der Waals surface area contributed by atoms with E-state index in [1.54, 1.807) is 6.92 Å². The number of aromatic nitrogens is 1.